The highest BCUT2D eigenvalue weighted by Crippen LogP contribution is 2.25. The topological polar surface area (TPSA) is 77.6 Å². The summed E-state index contributed by atoms with van der Waals surface area (Å²) >= 11 is 0. The normalized spacial score (nSPS) is 22.5. The molecule has 0 saturated carbocycles. The lowest BCUT2D eigenvalue weighted by Gasteiger charge is -2.36. The van der Waals surface area contributed by atoms with Crippen LogP contribution in [0, 0.1) is 0 Å². The van der Waals surface area contributed by atoms with Crippen molar-refractivity contribution >= 4 is 11.8 Å². The summed E-state index contributed by atoms with van der Waals surface area (Å²) in [4.78, 5) is 25.3. The zero-order chi connectivity index (χ0) is 16.5. The van der Waals surface area contributed by atoms with E-state index in [2.05, 4.69) is 0 Å². The number of alkyl halides is 1. The highest BCUT2D eigenvalue weighted by atomic mass is 19.1. The molecule has 2 N–H and O–H groups in total. The Hall–Kier alpha value is -2.05. The molecule has 1 aromatic rings. The molecular weight excluding hydrogens is 289 g/mol. The lowest BCUT2D eigenvalue weighted by molar-refractivity contribution is 0.00650. The van der Waals surface area contributed by atoms with Gasteiger partial charge < -0.3 is 19.9 Å². The molecule has 0 spiro atoms. The number of nitrogens with zero attached hydrogens (tertiary/aromatic N) is 2. The van der Waals surface area contributed by atoms with Crippen LogP contribution < -0.4 is 11.3 Å². The molecular formula is C15H22FN3O3. The van der Waals surface area contributed by atoms with Gasteiger partial charge in [-0.25, -0.2) is 9.18 Å². The number of piperidine rings is 1. The van der Waals surface area contributed by atoms with Crippen LogP contribution in [0.2, 0.25) is 0 Å². The minimum absolute atomic E-state index is 0.0873. The fraction of sp³-hybridized carbons (Fsp3) is 0.600. The summed E-state index contributed by atoms with van der Waals surface area (Å²) in [5, 5.41) is 0. The number of nitrogen functional groups attached to an aromatic ring is 1. The van der Waals surface area contributed by atoms with Crippen molar-refractivity contribution in [3.63, 3.8) is 0 Å². The van der Waals surface area contributed by atoms with Crippen LogP contribution in [-0.4, -0.2) is 40.4 Å². The Balaban J connectivity index is 2.09. The molecule has 0 unspecified atom stereocenters. The number of amides is 1. The largest absolute Gasteiger partial charge is 0.444 e. The second kappa shape index (κ2) is 5.98. The molecule has 1 aliphatic rings. The number of aromatic nitrogens is 1. The Morgan fingerprint density at radius 1 is 1.45 bits per heavy atom. The van der Waals surface area contributed by atoms with E-state index in [1.807, 2.05) is 0 Å². The summed E-state index contributed by atoms with van der Waals surface area (Å²) in [5.41, 5.74) is 4.64. The lowest BCUT2D eigenvalue weighted by Crippen LogP contribution is -2.48. The summed E-state index contributed by atoms with van der Waals surface area (Å²) in [6.07, 6.45) is -0.0164. The fourth-order valence-corrected chi connectivity index (χ4v) is 2.49. The van der Waals surface area contributed by atoms with E-state index in [0.717, 1.165) is 0 Å². The van der Waals surface area contributed by atoms with Crippen molar-refractivity contribution in [1.82, 2.24) is 9.47 Å². The van der Waals surface area contributed by atoms with E-state index in [-0.39, 0.29) is 12.2 Å². The highest BCUT2D eigenvalue weighted by Gasteiger charge is 2.34. The van der Waals surface area contributed by atoms with Crippen LogP contribution in [0.5, 0.6) is 0 Å². The number of anilines is 1. The number of hydrogen-bond acceptors (Lipinski definition) is 4. The average Bonchev–Trinajstić information content (AvgIpc) is 2.40. The molecule has 2 rings (SSSR count). The first-order chi connectivity index (χ1) is 10.2. The number of carbonyl (C=O) groups excluding carboxylic acids is 1. The number of pyridine rings is 1. The van der Waals surface area contributed by atoms with E-state index in [1.165, 1.54) is 21.7 Å². The van der Waals surface area contributed by atoms with Crippen LogP contribution in [0.1, 0.15) is 33.2 Å². The van der Waals surface area contributed by atoms with Gasteiger partial charge in [0.1, 0.15) is 11.8 Å². The number of likely N-dealkylation sites (tertiary alicyclic amines) is 1. The maximum atomic E-state index is 14.4. The van der Waals surface area contributed by atoms with E-state index in [1.54, 1.807) is 26.8 Å². The molecule has 1 fully saturated rings. The summed E-state index contributed by atoms with van der Waals surface area (Å²) in [5.74, 6) is 0. The van der Waals surface area contributed by atoms with E-state index >= 15 is 0 Å². The van der Waals surface area contributed by atoms with Gasteiger partial charge in [-0.3, -0.25) is 4.79 Å². The first-order valence-corrected chi connectivity index (χ1v) is 7.27. The average molecular weight is 311 g/mol. The zero-order valence-electron chi connectivity index (χ0n) is 13.1. The van der Waals surface area contributed by atoms with Gasteiger partial charge in [0.05, 0.1) is 18.3 Å². The maximum absolute atomic E-state index is 14.4. The Labute approximate surface area is 128 Å². The number of halogens is 1. The van der Waals surface area contributed by atoms with Crippen LogP contribution in [0.25, 0.3) is 0 Å². The van der Waals surface area contributed by atoms with Gasteiger partial charge in [0, 0.05) is 12.7 Å². The Bertz CT molecular complexity index is 609. The summed E-state index contributed by atoms with van der Waals surface area (Å²) in [6.45, 7) is 5.52. The predicted octanol–water partition coefficient (Wildman–Crippen LogP) is 1.95. The lowest BCUT2D eigenvalue weighted by atomic mass is 10.0. The van der Waals surface area contributed by atoms with Crippen molar-refractivity contribution < 1.29 is 13.9 Å². The summed E-state index contributed by atoms with van der Waals surface area (Å²) < 4.78 is 21.0. The standard InChI is InChI=1S/C15H22FN3O3/c1-15(2,3)22-14(21)18-8-6-12(10(16)9-18)19-7-4-5-11(17)13(19)20/h4-5,7,10,12H,6,8-9,17H2,1-3H3/t10-,12+/m0/s1. The van der Waals surface area contributed by atoms with Crippen molar-refractivity contribution in [2.24, 2.45) is 0 Å². The van der Waals surface area contributed by atoms with Gasteiger partial charge in [0.25, 0.3) is 5.56 Å². The maximum Gasteiger partial charge on any atom is 0.410 e. The van der Waals surface area contributed by atoms with Crippen molar-refractivity contribution in [3.8, 4) is 0 Å². The molecule has 1 aliphatic heterocycles. The van der Waals surface area contributed by atoms with Crippen LogP contribution in [0.4, 0.5) is 14.9 Å². The van der Waals surface area contributed by atoms with E-state index in [9.17, 15) is 14.0 Å². The Morgan fingerprint density at radius 2 is 2.14 bits per heavy atom. The predicted molar refractivity (Wildman–Crippen MR) is 81.5 cm³/mol. The third-order valence-corrected chi connectivity index (χ3v) is 3.52. The second-order valence-electron chi connectivity index (χ2n) is 6.47. The van der Waals surface area contributed by atoms with Gasteiger partial charge in [-0.1, -0.05) is 0 Å². The van der Waals surface area contributed by atoms with Gasteiger partial charge >= 0.3 is 6.09 Å². The fourth-order valence-electron chi connectivity index (χ4n) is 2.49. The molecule has 0 bridgehead atoms. The molecule has 0 aliphatic carbocycles. The third kappa shape index (κ3) is 3.58. The highest BCUT2D eigenvalue weighted by molar-refractivity contribution is 5.68. The van der Waals surface area contributed by atoms with Gasteiger partial charge in [-0.15, -0.1) is 0 Å². The molecule has 2 heterocycles. The summed E-state index contributed by atoms with van der Waals surface area (Å²) in [6, 6.07) is 2.49. The van der Waals surface area contributed by atoms with Gasteiger partial charge in [0.15, 0.2) is 0 Å². The molecule has 122 valence electrons. The monoisotopic (exact) mass is 311 g/mol. The molecule has 1 saturated heterocycles. The van der Waals surface area contributed by atoms with Gasteiger partial charge in [0.2, 0.25) is 0 Å². The zero-order valence-corrected chi connectivity index (χ0v) is 13.1. The number of rotatable bonds is 1. The van der Waals surface area contributed by atoms with Crippen molar-refractivity contribution in [2.45, 2.75) is 45.0 Å². The van der Waals surface area contributed by atoms with Crippen LogP contribution in [0.15, 0.2) is 23.1 Å². The minimum atomic E-state index is -1.35. The molecule has 7 heteroatoms. The first-order valence-electron chi connectivity index (χ1n) is 7.27. The third-order valence-electron chi connectivity index (χ3n) is 3.52. The minimum Gasteiger partial charge on any atom is -0.444 e. The second-order valence-corrected chi connectivity index (χ2v) is 6.47. The number of carbonyl (C=O) groups is 1. The Morgan fingerprint density at radius 3 is 2.73 bits per heavy atom. The van der Waals surface area contributed by atoms with Gasteiger partial charge in [-0.2, -0.15) is 0 Å². The van der Waals surface area contributed by atoms with Crippen LogP contribution >= 0.6 is 0 Å². The van der Waals surface area contributed by atoms with Crippen molar-refractivity contribution in [3.05, 3.63) is 28.7 Å². The Kier molecular flexibility index (Phi) is 4.44. The van der Waals surface area contributed by atoms with Gasteiger partial charge in [-0.05, 0) is 39.3 Å². The number of nitrogens with two attached hydrogens (primary N) is 1. The number of ether oxygens (including phenoxy) is 1. The van der Waals surface area contributed by atoms with Crippen LogP contribution in [0.3, 0.4) is 0 Å². The van der Waals surface area contributed by atoms with Crippen molar-refractivity contribution in [1.29, 1.82) is 0 Å². The molecule has 22 heavy (non-hydrogen) atoms. The first kappa shape index (κ1) is 16.3. The SMILES string of the molecule is CC(C)(C)OC(=O)N1CC[C@@H](n2cccc(N)c2=O)[C@@H](F)C1. The molecule has 0 radical (unpaired) electrons. The molecule has 0 aromatic carbocycles. The van der Waals surface area contributed by atoms with Crippen molar-refractivity contribution in [2.75, 3.05) is 18.8 Å². The number of hydrogen-bond donors (Lipinski definition) is 1. The molecule has 1 aromatic heterocycles. The molecule has 6 nitrogen and oxygen atoms in total. The van der Waals surface area contributed by atoms with E-state index < -0.39 is 29.5 Å². The van der Waals surface area contributed by atoms with E-state index in [4.69, 9.17) is 10.5 Å². The molecule has 1 amide bonds. The smallest absolute Gasteiger partial charge is 0.410 e. The van der Waals surface area contributed by atoms with E-state index in [0.29, 0.717) is 13.0 Å². The summed E-state index contributed by atoms with van der Waals surface area (Å²) in [7, 11) is 0. The molecule has 2 atom stereocenters. The quantitative estimate of drug-likeness (QED) is 0.860. The van der Waals surface area contributed by atoms with Crippen LogP contribution in [-0.2, 0) is 4.74 Å².